The van der Waals surface area contributed by atoms with Gasteiger partial charge in [-0.2, -0.15) is 0 Å². The van der Waals surface area contributed by atoms with Gasteiger partial charge in [0, 0.05) is 0 Å². The first-order valence-electron chi connectivity index (χ1n) is 6.00. The van der Waals surface area contributed by atoms with Crippen molar-refractivity contribution in [3.8, 4) is 0 Å². The molecule has 0 spiro atoms. The van der Waals surface area contributed by atoms with Crippen LogP contribution in [-0.4, -0.2) is 23.1 Å². The number of imidazole rings is 1. The number of fused-ring (bicyclic) bond motifs is 1. The first-order chi connectivity index (χ1) is 7.83. The van der Waals surface area contributed by atoms with Crippen LogP contribution < -0.4 is 5.32 Å². The van der Waals surface area contributed by atoms with Gasteiger partial charge in [-0.1, -0.05) is 6.07 Å². The molecule has 0 atom stereocenters. The molecule has 0 saturated carbocycles. The Morgan fingerprint density at radius 2 is 2.06 bits per heavy atom. The fourth-order valence-electron chi connectivity index (χ4n) is 2.56. The van der Waals surface area contributed by atoms with E-state index in [9.17, 15) is 0 Å². The largest absolute Gasteiger partial charge is 0.342 e. The highest BCUT2D eigenvalue weighted by atomic mass is 14.9. The summed E-state index contributed by atoms with van der Waals surface area (Å²) in [6.45, 7) is 4.29. The maximum absolute atomic E-state index is 4.43. The third kappa shape index (κ3) is 1.71. The molecule has 1 saturated heterocycles. The molecule has 0 bridgehead atoms. The van der Waals surface area contributed by atoms with E-state index in [0.717, 1.165) is 24.4 Å². The summed E-state index contributed by atoms with van der Waals surface area (Å²) in [6.07, 6.45) is 2.50. The Hall–Kier alpha value is -1.35. The fourth-order valence-corrected chi connectivity index (χ4v) is 2.56. The van der Waals surface area contributed by atoms with Crippen LogP contribution in [0.25, 0.3) is 11.0 Å². The molecule has 1 aromatic heterocycles. The van der Waals surface area contributed by atoms with Gasteiger partial charge in [-0.25, -0.2) is 4.98 Å². The molecule has 1 aliphatic heterocycles. The van der Waals surface area contributed by atoms with Gasteiger partial charge in [-0.05, 0) is 56.5 Å². The van der Waals surface area contributed by atoms with Crippen LogP contribution in [0.5, 0.6) is 0 Å². The highest BCUT2D eigenvalue weighted by Crippen LogP contribution is 2.27. The number of rotatable bonds is 1. The number of aryl methyl sites for hydroxylation is 1. The topological polar surface area (TPSA) is 40.7 Å². The predicted molar refractivity (Wildman–Crippen MR) is 65.7 cm³/mol. The highest BCUT2D eigenvalue weighted by molar-refractivity contribution is 5.76. The molecule has 1 aromatic carbocycles. The molecule has 1 aliphatic rings. The third-order valence-corrected chi connectivity index (χ3v) is 3.43. The second-order valence-electron chi connectivity index (χ2n) is 4.62. The third-order valence-electron chi connectivity index (χ3n) is 3.43. The lowest BCUT2D eigenvalue weighted by Crippen LogP contribution is -2.26. The number of hydrogen-bond acceptors (Lipinski definition) is 2. The molecule has 0 radical (unpaired) electrons. The molecule has 2 aromatic rings. The van der Waals surface area contributed by atoms with Crippen molar-refractivity contribution in [1.29, 1.82) is 0 Å². The van der Waals surface area contributed by atoms with Gasteiger partial charge in [-0.3, -0.25) is 0 Å². The zero-order valence-corrected chi connectivity index (χ0v) is 9.59. The van der Waals surface area contributed by atoms with E-state index < -0.39 is 0 Å². The quantitative estimate of drug-likeness (QED) is 0.766. The van der Waals surface area contributed by atoms with Crippen molar-refractivity contribution in [1.82, 2.24) is 15.3 Å². The smallest absolute Gasteiger partial charge is 0.104 e. The van der Waals surface area contributed by atoms with Crippen LogP contribution in [0.2, 0.25) is 0 Å². The van der Waals surface area contributed by atoms with Crippen LogP contribution in [0.1, 0.15) is 30.1 Å². The SMILES string of the molecule is Cc1nc2ccc(C3CCNCC3)cc2[nH]1. The number of aromatic nitrogens is 2. The Kier molecular flexibility index (Phi) is 2.40. The van der Waals surface area contributed by atoms with Gasteiger partial charge in [0.15, 0.2) is 0 Å². The zero-order valence-electron chi connectivity index (χ0n) is 9.59. The summed E-state index contributed by atoms with van der Waals surface area (Å²) >= 11 is 0. The predicted octanol–water partition coefficient (Wildman–Crippen LogP) is 2.34. The number of nitrogens with zero attached hydrogens (tertiary/aromatic N) is 1. The van der Waals surface area contributed by atoms with Crippen molar-refractivity contribution in [3.63, 3.8) is 0 Å². The monoisotopic (exact) mass is 215 g/mol. The lowest BCUT2D eigenvalue weighted by atomic mass is 9.90. The number of piperidine rings is 1. The summed E-state index contributed by atoms with van der Waals surface area (Å²) in [7, 11) is 0. The van der Waals surface area contributed by atoms with Crippen LogP contribution in [0.3, 0.4) is 0 Å². The number of H-pyrrole nitrogens is 1. The Bertz CT molecular complexity index is 495. The van der Waals surface area contributed by atoms with E-state index in [1.807, 2.05) is 6.92 Å². The van der Waals surface area contributed by atoms with E-state index in [1.165, 1.54) is 23.9 Å². The fraction of sp³-hybridized carbons (Fsp3) is 0.462. The van der Waals surface area contributed by atoms with E-state index in [0.29, 0.717) is 5.92 Å². The van der Waals surface area contributed by atoms with E-state index in [-0.39, 0.29) is 0 Å². The van der Waals surface area contributed by atoms with E-state index in [2.05, 4.69) is 33.5 Å². The first-order valence-corrected chi connectivity index (χ1v) is 6.00. The second kappa shape index (κ2) is 3.91. The minimum Gasteiger partial charge on any atom is -0.342 e. The number of benzene rings is 1. The minimum absolute atomic E-state index is 0.717. The second-order valence-corrected chi connectivity index (χ2v) is 4.62. The van der Waals surface area contributed by atoms with E-state index in [4.69, 9.17) is 0 Å². The summed E-state index contributed by atoms with van der Waals surface area (Å²) in [5, 5.41) is 3.41. The van der Waals surface area contributed by atoms with Crippen LogP contribution in [0.4, 0.5) is 0 Å². The Morgan fingerprint density at radius 1 is 1.25 bits per heavy atom. The number of hydrogen-bond donors (Lipinski definition) is 2. The number of nitrogens with one attached hydrogen (secondary N) is 2. The van der Waals surface area contributed by atoms with Gasteiger partial charge in [0.25, 0.3) is 0 Å². The lowest BCUT2D eigenvalue weighted by molar-refractivity contribution is 0.460. The molecule has 1 fully saturated rings. The number of aromatic amines is 1. The summed E-state index contributed by atoms with van der Waals surface area (Å²) < 4.78 is 0. The molecule has 84 valence electrons. The molecule has 3 rings (SSSR count). The maximum Gasteiger partial charge on any atom is 0.104 e. The molecule has 16 heavy (non-hydrogen) atoms. The zero-order chi connectivity index (χ0) is 11.0. The minimum atomic E-state index is 0.717. The molecule has 2 heterocycles. The summed E-state index contributed by atoms with van der Waals surface area (Å²) in [5.74, 6) is 1.71. The van der Waals surface area contributed by atoms with Crippen molar-refractivity contribution in [2.75, 3.05) is 13.1 Å². The molecule has 3 heteroatoms. The molecule has 0 aliphatic carbocycles. The molecular formula is C13H17N3. The average Bonchev–Trinajstić information content (AvgIpc) is 2.69. The molecular weight excluding hydrogens is 198 g/mol. The normalized spacial score (nSPS) is 18.1. The van der Waals surface area contributed by atoms with Gasteiger partial charge < -0.3 is 10.3 Å². The Balaban J connectivity index is 1.97. The van der Waals surface area contributed by atoms with E-state index >= 15 is 0 Å². The molecule has 3 nitrogen and oxygen atoms in total. The Labute approximate surface area is 95.3 Å². The van der Waals surface area contributed by atoms with Crippen molar-refractivity contribution < 1.29 is 0 Å². The van der Waals surface area contributed by atoms with Crippen LogP contribution in [0, 0.1) is 6.92 Å². The van der Waals surface area contributed by atoms with Gasteiger partial charge in [0.05, 0.1) is 11.0 Å². The summed E-state index contributed by atoms with van der Waals surface area (Å²) in [4.78, 5) is 7.74. The van der Waals surface area contributed by atoms with Crippen LogP contribution >= 0.6 is 0 Å². The highest BCUT2D eigenvalue weighted by Gasteiger charge is 2.15. The van der Waals surface area contributed by atoms with Crippen molar-refractivity contribution in [3.05, 3.63) is 29.6 Å². The summed E-state index contributed by atoms with van der Waals surface area (Å²) in [5.41, 5.74) is 3.71. The van der Waals surface area contributed by atoms with Gasteiger partial charge >= 0.3 is 0 Å². The van der Waals surface area contributed by atoms with E-state index in [1.54, 1.807) is 0 Å². The van der Waals surface area contributed by atoms with Gasteiger partial charge in [0.1, 0.15) is 5.82 Å². The molecule has 2 N–H and O–H groups in total. The van der Waals surface area contributed by atoms with Crippen molar-refractivity contribution in [2.45, 2.75) is 25.7 Å². The maximum atomic E-state index is 4.43. The van der Waals surface area contributed by atoms with Gasteiger partial charge in [0.2, 0.25) is 0 Å². The lowest BCUT2D eigenvalue weighted by Gasteiger charge is -2.22. The van der Waals surface area contributed by atoms with Crippen molar-refractivity contribution in [2.24, 2.45) is 0 Å². The van der Waals surface area contributed by atoms with Gasteiger partial charge in [-0.15, -0.1) is 0 Å². The summed E-state index contributed by atoms with van der Waals surface area (Å²) in [6, 6.07) is 6.64. The van der Waals surface area contributed by atoms with Crippen LogP contribution in [0.15, 0.2) is 18.2 Å². The Morgan fingerprint density at radius 3 is 2.88 bits per heavy atom. The molecule has 0 amide bonds. The molecule has 0 unspecified atom stereocenters. The average molecular weight is 215 g/mol. The first kappa shape index (κ1) is 9.85. The standard InChI is InChI=1S/C13H17N3/c1-9-15-12-3-2-11(8-13(12)16-9)10-4-6-14-7-5-10/h2-3,8,10,14H,4-7H2,1H3,(H,15,16). The van der Waals surface area contributed by atoms with Crippen LogP contribution in [-0.2, 0) is 0 Å². The van der Waals surface area contributed by atoms with Crippen molar-refractivity contribution >= 4 is 11.0 Å².